The van der Waals surface area contributed by atoms with Gasteiger partial charge in [-0.3, -0.25) is 15.0 Å². The van der Waals surface area contributed by atoms with Gasteiger partial charge >= 0.3 is 12.1 Å². The van der Waals surface area contributed by atoms with Gasteiger partial charge in [0.2, 0.25) is 0 Å². The number of aliphatic hydroxyl groups is 1. The highest BCUT2D eigenvalue weighted by Crippen LogP contribution is 2.47. The summed E-state index contributed by atoms with van der Waals surface area (Å²) >= 11 is 0. The predicted octanol–water partition coefficient (Wildman–Crippen LogP) is 4.52. The average Bonchev–Trinajstić information content (AvgIpc) is 2.74. The number of halogens is 1. The number of carboxylic acid groups (broad SMARTS) is 1. The number of non-ortho nitro benzene ring substituents is 1. The van der Waals surface area contributed by atoms with Crippen LogP contribution < -0.4 is 10.5 Å². The van der Waals surface area contributed by atoms with E-state index in [-0.39, 0.29) is 29.2 Å². The molecule has 0 radical (unpaired) electrons. The highest BCUT2D eigenvalue weighted by molar-refractivity contribution is 5.91. The standard InChI is InChI=1S/C24H31FN4O8/c1-23(2,3)20(28(9-10-30)22(32)33)17-18(21(31)37-24(4,5)6)27-12-15(26)19(17)36-16-8-7-13(29(34)35)11-14(16)25/h7-8,11-12,20,30H,9-10,26H2,1-6H3,(H,32,33). The number of rotatable bonds is 8. The van der Waals surface area contributed by atoms with Crippen LogP contribution in [0.4, 0.5) is 20.6 Å². The Bertz CT molecular complexity index is 1190. The van der Waals surface area contributed by atoms with E-state index < -0.39 is 57.9 Å². The number of benzene rings is 1. The van der Waals surface area contributed by atoms with Crippen LogP contribution >= 0.6 is 0 Å². The van der Waals surface area contributed by atoms with Crippen LogP contribution in [0.3, 0.4) is 0 Å². The zero-order valence-electron chi connectivity index (χ0n) is 21.4. The Labute approximate surface area is 213 Å². The third kappa shape index (κ3) is 7.03. The second-order valence-electron chi connectivity index (χ2n) is 10.2. The lowest BCUT2D eigenvalue weighted by atomic mass is 9.80. The summed E-state index contributed by atoms with van der Waals surface area (Å²) in [7, 11) is 0. The number of nitrogens with zero attached hydrogens (tertiary/aromatic N) is 3. The number of carbonyl (C=O) groups is 2. The molecule has 0 saturated carbocycles. The van der Waals surface area contributed by atoms with Crippen molar-refractivity contribution in [2.45, 2.75) is 53.2 Å². The Hall–Kier alpha value is -4.00. The Morgan fingerprint density at radius 2 is 1.86 bits per heavy atom. The number of amides is 1. The first kappa shape index (κ1) is 29.2. The molecule has 1 heterocycles. The first-order valence-corrected chi connectivity index (χ1v) is 11.2. The van der Waals surface area contributed by atoms with Crippen molar-refractivity contribution in [3.63, 3.8) is 0 Å². The lowest BCUT2D eigenvalue weighted by molar-refractivity contribution is -0.385. The maximum absolute atomic E-state index is 14.8. The number of nitrogens with two attached hydrogens (primary N) is 1. The van der Waals surface area contributed by atoms with Gasteiger partial charge in [0.15, 0.2) is 23.0 Å². The number of hydrogen-bond acceptors (Lipinski definition) is 9. The van der Waals surface area contributed by atoms with Crippen molar-refractivity contribution in [2.24, 2.45) is 5.41 Å². The van der Waals surface area contributed by atoms with Gasteiger partial charge in [-0.05, 0) is 32.3 Å². The number of nitrogen functional groups attached to an aromatic ring is 1. The van der Waals surface area contributed by atoms with Crippen molar-refractivity contribution in [3.05, 3.63) is 51.6 Å². The summed E-state index contributed by atoms with van der Waals surface area (Å²) in [5, 5.41) is 30.5. The van der Waals surface area contributed by atoms with Crippen molar-refractivity contribution >= 4 is 23.4 Å². The van der Waals surface area contributed by atoms with Gasteiger partial charge in [0.25, 0.3) is 5.69 Å². The van der Waals surface area contributed by atoms with E-state index in [4.69, 9.17) is 15.2 Å². The third-order valence-corrected chi connectivity index (χ3v) is 5.02. The van der Waals surface area contributed by atoms with E-state index in [1.165, 1.54) is 0 Å². The van der Waals surface area contributed by atoms with Crippen LogP contribution in [0.2, 0.25) is 0 Å². The van der Waals surface area contributed by atoms with E-state index in [1.54, 1.807) is 41.5 Å². The molecule has 0 aliphatic carbocycles. The number of carbonyl (C=O) groups excluding carboxylic acids is 1. The topological polar surface area (TPSA) is 178 Å². The van der Waals surface area contributed by atoms with Gasteiger partial charge in [0, 0.05) is 12.6 Å². The Morgan fingerprint density at radius 3 is 2.32 bits per heavy atom. The van der Waals surface area contributed by atoms with E-state index in [0.717, 1.165) is 23.2 Å². The molecule has 1 atom stereocenters. The van der Waals surface area contributed by atoms with Crippen LogP contribution in [0.1, 0.15) is 63.6 Å². The lowest BCUT2D eigenvalue weighted by Gasteiger charge is -2.40. The third-order valence-electron chi connectivity index (χ3n) is 5.02. The molecule has 4 N–H and O–H groups in total. The number of hydrogen-bond donors (Lipinski definition) is 3. The molecular formula is C24H31FN4O8. The number of nitro benzene ring substituents is 1. The van der Waals surface area contributed by atoms with Crippen LogP contribution in [-0.4, -0.2) is 55.8 Å². The highest BCUT2D eigenvalue weighted by atomic mass is 19.1. The van der Waals surface area contributed by atoms with E-state index in [2.05, 4.69) is 4.98 Å². The molecule has 0 spiro atoms. The van der Waals surface area contributed by atoms with Crippen molar-refractivity contribution < 1.29 is 38.6 Å². The minimum Gasteiger partial charge on any atom is -0.465 e. The quantitative estimate of drug-likeness (QED) is 0.253. The number of ether oxygens (including phenoxy) is 2. The van der Waals surface area contributed by atoms with Gasteiger partial charge in [-0.1, -0.05) is 20.8 Å². The summed E-state index contributed by atoms with van der Waals surface area (Å²) in [5.74, 6) is -2.75. The number of aromatic nitrogens is 1. The largest absolute Gasteiger partial charge is 0.465 e. The predicted molar refractivity (Wildman–Crippen MR) is 131 cm³/mol. The second-order valence-corrected chi connectivity index (χ2v) is 10.2. The summed E-state index contributed by atoms with van der Waals surface area (Å²) in [4.78, 5) is 40.7. The number of aliphatic hydroxyl groups excluding tert-OH is 1. The van der Waals surface area contributed by atoms with E-state index >= 15 is 0 Å². The van der Waals surface area contributed by atoms with Gasteiger partial charge in [0.1, 0.15) is 5.60 Å². The molecule has 0 aliphatic heterocycles. The summed E-state index contributed by atoms with van der Waals surface area (Å²) in [6, 6.07) is 1.49. The molecular weight excluding hydrogens is 491 g/mol. The minimum absolute atomic E-state index is 0.115. The SMILES string of the molecule is CC(C)(C)OC(=O)c1ncc(N)c(Oc2ccc([N+](=O)[O-])cc2F)c1C(N(CCO)C(=O)O)C(C)(C)C. The molecule has 1 amide bonds. The second kappa shape index (κ2) is 10.9. The monoisotopic (exact) mass is 522 g/mol. The molecule has 13 heteroatoms. The van der Waals surface area contributed by atoms with Crippen LogP contribution in [0.15, 0.2) is 24.4 Å². The van der Waals surface area contributed by atoms with E-state index in [0.29, 0.717) is 6.07 Å². The fourth-order valence-electron chi connectivity index (χ4n) is 3.68. The molecule has 1 aromatic carbocycles. The maximum Gasteiger partial charge on any atom is 0.407 e. The zero-order chi connectivity index (χ0) is 28.3. The smallest absolute Gasteiger partial charge is 0.407 e. The molecule has 0 bridgehead atoms. The first-order valence-electron chi connectivity index (χ1n) is 11.2. The molecule has 0 saturated heterocycles. The van der Waals surface area contributed by atoms with Crippen molar-refractivity contribution in [1.29, 1.82) is 0 Å². The van der Waals surface area contributed by atoms with Crippen molar-refractivity contribution in [2.75, 3.05) is 18.9 Å². The highest BCUT2D eigenvalue weighted by Gasteiger charge is 2.41. The Kier molecular flexibility index (Phi) is 8.65. The molecule has 2 rings (SSSR count). The van der Waals surface area contributed by atoms with Crippen LogP contribution in [0.25, 0.3) is 0 Å². The molecule has 0 fully saturated rings. The number of esters is 1. The lowest BCUT2D eigenvalue weighted by Crippen LogP contribution is -2.43. The molecule has 2 aromatic rings. The van der Waals surface area contributed by atoms with Gasteiger partial charge < -0.3 is 25.4 Å². The number of pyridine rings is 1. The fraction of sp³-hybridized carbons (Fsp3) is 0.458. The number of anilines is 1. The summed E-state index contributed by atoms with van der Waals surface area (Å²) in [5.41, 5.74) is 3.13. The molecule has 37 heavy (non-hydrogen) atoms. The zero-order valence-corrected chi connectivity index (χ0v) is 21.4. The normalized spacial score (nSPS) is 12.5. The summed E-state index contributed by atoms with van der Waals surface area (Å²) < 4.78 is 26.0. The van der Waals surface area contributed by atoms with Crippen LogP contribution in [0, 0.1) is 21.3 Å². The molecule has 12 nitrogen and oxygen atoms in total. The summed E-state index contributed by atoms with van der Waals surface area (Å²) in [6.45, 7) is 9.05. The van der Waals surface area contributed by atoms with Crippen molar-refractivity contribution in [1.82, 2.24) is 9.88 Å². The minimum atomic E-state index is -1.42. The van der Waals surface area contributed by atoms with E-state index in [1.807, 2.05) is 0 Å². The van der Waals surface area contributed by atoms with E-state index in [9.17, 15) is 34.3 Å². The maximum atomic E-state index is 14.8. The molecule has 1 aromatic heterocycles. The molecule has 202 valence electrons. The first-order chi connectivity index (χ1) is 17.0. The Balaban J connectivity index is 2.90. The van der Waals surface area contributed by atoms with Crippen molar-refractivity contribution in [3.8, 4) is 11.5 Å². The van der Waals surface area contributed by atoms with Gasteiger partial charge in [0.05, 0.1) is 41.1 Å². The number of nitro groups is 1. The molecule has 0 aliphatic rings. The summed E-state index contributed by atoms with van der Waals surface area (Å²) in [6.07, 6.45) is -0.336. The van der Waals surface area contributed by atoms with Gasteiger partial charge in [-0.15, -0.1) is 0 Å². The van der Waals surface area contributed by atoms with Crippen LogP contribution in [0.5, 0.6) is 11.5 Å². The fourth-order valence-corrected chi connectivity index (χ4v) is 3.68. The van der Waals surface area contributed by atoms with Gasteiger partial charge in [-0.25, -0.2) is 19.0 Å². The van der Waals surface area contributed by atoms with Crippen LogP contribution in [-0.2, 0) is 4.74 Å². The van der Waals surface area contributed by atoms with Gasteiger partial charge in [-0.2, -0.15) is 0 Å². The average molecular weight is 523 g/mol. The Morgan fingerprint density at radius 1 is 1.24 bits per heavy atom. The molecule has 1 unspecified atom stereocenters.